The summed E-state index contributed by atoms with van der Waals surface area (Å²) < 4.78 is 0. The number of rotatable bonds is 6. The number of aromatic nitrogens is 4. The van der Waals surface area contributed by atoms with Gasteiger partial charge in [-0.2, -0.15) is 5.10 Å². The Morgan fingerprint density at radius 2 is 1.69 bits per heavy atom. The van der Waals surface area contributed by atoms with Crippen LogP contribution in [0.25, 0.3) is 22.2 Å². The highest BCUT2D eigenvalue weighted by Crippen LogP contribution is 2.40. The number of hydrogen-bond acceptors (Lipinski definition) is 6. The number of benzene rings is 2. The van der Waals surface area contributed by atoms with Gasteiger partial charge < -0.3 is 15.3 Å². The Kier molecular flexibility index (Phi) is 6.27. The van der Waals surface area contributed by atoms with Crippen LogP contribution in [-0.2, 0) is 0 Å². The maximum atomic E-state index is 13.5. The van der Waals surface area contributed by atoms with Gasteiger partial charge in [0.05, 0.1) is 23.4 Å². The molecule has 8 nitrogen and oxygen atoms in total. The molecule has 2 bridgehead atoms. The van der Waals surface area contributed by atoms with Crippen LogP contribution in [0.1, 0.15) is 73.6 Å². The number of fused-ring (bicyclic) bond motifs is 3. The van der Waals surface area contributed by atoms with Crippen molar-refractivity contribution < 1.29 is 9.90 Å². The molecule has 4 aromatic rings. The monoisotopic (exact) mass is 522 g/mol. The third-order valence-electron chi connectivity index (χ3n) is 8.99. The summed E-state index contributed by atoms with van der Waals surface area (Å²) in [5.41, 5.74) is 4.55. The van der Waals surface area contributed by atoms with Crippen molar-refractivity contribution in [3.8, 4) is 11.3 Å². The van der Waals surface area contributed by atoms with Gasteiger partial charge in [-0.15, -0.1) is 0 Å². The number of anilines is 1. The summed E-state index contributed by atoms with van der Waals surface area (Å²) in [7, 11) is 0. The smallest absolute Gasteiger partial charge is 0.251 e. The molecule has 1 amide bonds. The van der Waals surface area contributed by atoms with Crippen molar-refractivity contribution in [1.29, 1.82) is 0 Å². The molecule has 3 aliphatic rings. The predicted molar refractivity (Wildman–Crippen MR) is 150 cm³/mol. The first kappa shape index (κ1) is 24.3. The van der Waals surface area contributed by atoms with Gasteiger partial charge in [-0.05, 0) is 80.8 Å². The fraction of sp³-hybridized carbons (Fsp3) is 0.419. The molecule has 3 fully saturated rings. The van der Waals surface area contributed by atoms with E-state index < -0.39 is 0 Å². The standard InChI is InChI=1S/C31H34N6O2/c38-25-17-23-11-12-24(18-25)37(23)22-9-6-20(7-10-22)28-26-16-21(8-13-27(26)35-36-28)31(39)34-29(19-4-1-2-5-19)30-32-14-3-15-33-30/h3,6-10,13-16,19,23-25,29,38H,1-2,4-5,11-12,17-18H2,(H,34,39)(H,35,36)/t23-,24+,25-,29-/m1/s1. The molecule has 2 aromatic heterocycles. The van der Waals surface area contributed by atoms with Crippen molar-refractivity contribution in [2.45, 2.75) is 75.6 Å². The van der Waals surface area contributed by atoms with Gasteiger partial charge in [0.2, 0.25) is 0 Å². The average molecular weight is 523 g/mol. The Labute approximate surface area is 227 Å². The summed E-state index contributed by atoms with van der Waals surface area (Å²) in [6.07, 6.45) is 11.8. The number of aliphatic hydroxyl groups is 1. The molecule has 1 saturated carbocycles. The number of carbonyl (C=O) groups excluding carboxylic acids is 1. The van der Waals surface area contributed by atoms with E-state index in [4.69, 9.17) is 0 Å². The van der Waals surface area contributed by atoms with Crippen molar-refractivity contribution in [2.75, 3.05) is 4.90 Å². The normalized spacial score (nSPS) is 23.8. The minimum Gasteiger partial charge on any atom is -0.393 e. The van der Waals surface area contributed by atoms with E-state index in [2.05, 4.69) is 54.6 Å². The number of carbonyl (C=O) groups is 1. The number of aromatic amines is 1. The Hall–Kier alpha value is -3.78. The van der Waals surface area contributed by atoms with E-state index in [0.29, 0.717) is 29.4 Å². The maximum absolute atomic E-state index is 13.5. The Balaban J connectivity index is 1.14. The SMILES string of the molecule is O=C(N[C@@H](c1ncccn1)C1CCCC1)c1ccc2[nH]nc(-c3ccc(N4[C@@H]5CC[C@H]4C[C@H](O)C5)cc3)c2c1. The zero-order chi connectivity index (χ0) is 26.3. The molecule has 200 valence electrons. The van der Waals surface area contributed by atoms with Crippen molar-refractivity contribution in [3.05, 3.63) is 72.3 Å². The minimum absolute atomic E-state index is 0.119. The molecular formula is C31H34N6O2. The quantitative estimate of drug-likeness (QED) is 0.322. The molecule has 39 heavy (non-hydrogen) atoms. The molecule has 0 spiro atoms. The lowest BCUT2D eigenvalue weighted by molar-refractivity contribution is 0.0919. The summed E-state index contributed by atoms with van der Waals surface area (Å²) in [5, 5.41) is 22.1. The summed E-state index contributed by atoms with van der Waals surface area (Å²) in [4.78, 5) is 24.9. The van der Waals surface area contributed by atoms with Crippen LogP contribution in [0.3, 0.4) is 0 Å². The van der Waals surface area contributed by atoms with Gasteiger partial charge in [-0.25, -0.2) is 9.97 Å². The molecular weight excluding hydrogens is 488 g/mol. The molecule has 2 saturated heterocycles. The third kappa shape index (κ3) is 4.56. The lowest BCUT2D eigenvalue weighted by Crippen LogP contribution is -2.44. The van der Waals surface area contributed by atoms with Gasteiger partial charge in [0.25, 0.3) is 5.91 Å². The topological polar surface area (TPSA) is 107 Å². The second-order valence-electron chi connectivity index (χ2n) is 11.4. The van der Waals surface area contributed by atoms with Gasteiger partial charge in [0.15, 0.2) is 5.82 Å². The van der Waals surface area contributed by atoms with E-state index in [9.17, 15) is 9.90 Å². The van der Waals surface area contributed by atoms with Crippen molar-refractivity contribution in [3.63, 3.8) is 0 Å². The van der Waals surface area contributed by atoms with Crippen LogP contribution in [0.5, 0.6) is 0 Å². The highest BCUT2D eigenvalue weighted by Gasteiger charge is 2.40. The highest BCUT2D eigenvalue weighted by atomic mass is 16.3. The Morgan fingerprint density at radius 3 is 2.41 bits per heavy atom. The lowest BCUT2D eigenvalue weighted by Gasteiger charge is -2.39. The second-order valence-corrected chi connectivity index (χ2v) is 11.4. The molecule has 4 heterocycles. The molecule has 8 heteroatoms. The van der Waals surface area contributed by atoms with Crippen LogP contribution < -0.4 is 10.2 Å². The van der Waals surface area contributed by atoms with Crippen LogP contribution in [0.15, 0.2) is 60.9 Å². The highest BCUT2D eigenvalue weighted by molar-refractivity contribution is 6.01. The second kappa shape index (κ2) is 10.1. The number of H-pyrrole nitrogens is 1. The molecule has 1 aliphatic carbocycles. The zero-order valence-electron chi connectivity index (χ0n) is 22.0. The molecule has 2 aromatic carbocycles. The van der Waals surface area contributed by atoms with Gasteiger partial charge in [0, 0.05) is 46.7 Å². The summed E-state index contributed by atoms with van der Waals surface area (Å²) in [6, 6.07) is 16.7. The predicted octanol–water partition coefficient (Wildman–Crippen LogP) is 5.17. The fourth-order valence-corrected chi connectivity index (χ4v) is 7.12. The minimum atomic E-state index is -0.195. The van der Waals surface area contributed by atoms with Crippen molar-refractivity contribution in [1.82, 2.24) is 25.5 Å². The number of hydrogen-bond donors (Lipinski definition) is 3. The third-order valence-corrected chi connectivity index (χ3v) is 8.99. The fourth-order valence-electron chi connectivity index (χ4n) is 7.12. The number of nitrogens with zero attached hydrogens (tertiary/aromatic N) is 4. The number of piperidine rings is 1. The molecule has 0 radical (unpaired) electrons. The van der Waals surface area contributed by atoms with E-state index in [1.54, 1.807) is 18.5 Å². The van der Waals surface area contributed by atoms with Crippen LogP contribution >= 0.6 is 0 Å². The average Bonchev–Trinajstić information content (AvgIpc) is 3.70. The first-order chi connectivity index (χ1) is 19.1. The van der Waals surface area contributed by atoms with Crippen LogP contribution in [0.4, 0.5) is 5.69 Å². The van der Waals surface area contributed by atoms with Crippen LogP contribution in [0, 0.1) is 5.92 Å². The van der Waals surface area contributed by atoms with E-state index in [0.717, 1.165) is 60.7 Å². The Bertz CT molecular complexity index is 1450. The lowest BCUT2D eigenvalue weighted by atomic mass is 9.96. The van der Waals surface area contributed by atoms with Crippen molar-refractivity contribution in [2.24, 2.45) is 5.92 Å². The summed E-state index contributed by atoms with van der Waals surface area (Å²) in [6.45, 7) is 0. The summed E-state index contributed by atoms with van der Waals surface area (Å²) >= 11 is 0. The van der Waals surface area contributed by atoms with E-state index >= 15 is 0 Å². The molecule has 4 atom stereocenters. The Morgan fingerprint density at radius 1 is 0.974 bits per heavy atom. The molecule has 3 N–H and O–H groups in total. The summed E-state index contributed by atoms with van der Waals surface area (Å²) in [5.74, 6) is 0.910. The van der Waals surface area contributed by atoms with Gasteiger partial charge in [0.1, 0.15) is 0 Å². The zero-order valence-corrected chi connectivity index (χ0v) is 22.0. The van der Waals surface area contributed by atoms with E-state index in [1.165, 1.54) is 18.5 Å². The van der Waals surface area contributed by atoms with Crippen LogP contribution in [-0.4, -0.2) is 49.4 Å². The van der Waals surface area contributed by atoms with Gasteiger partial charge in [-0.3, -0.25) is 9.89 Å². The largest absolute Gasteiger partial charge is 0.393 e. The van der Waals surface area contributed by atoms with E-state index in [1.807, 2.05) is 18.2 Å². The number of aliphatic hydroxyl groups excluding tert-OH is 1. The van der Waals surface area contributed by atoms with Gasteiger partial charge in [-0.1, -0.05) is 25.0 Å². The molecule has 7 rings (SSSR count). The van der Waals surface area contributed by atoms with Gasteiger partial charge >= 0.3 is 0 Å². The first-order valence-electron chi connectivity index (χ1n) is 14.3. The number of amides is 1. The molecule has 0 unspecified atom stereocenters. The maximum Gasteiger partial charge on any atom is 0.251 e. The van der Waals surface area contributed by atoms with E-state index in [-0.39, 0.29) is 18.1 Å². The van der Waals surface area contributed by atoms with Crippen LogP contribution in [0.2, 0.25) is 0 Å². The van der Waals surface area contributed by atoms with Crippen molar-refractivity contribution >= 4 is 22.5 Å². The molecule has 2 aliphatic heterocycles. The number of nitrogens with one attached hydrogen (secondary N) is 2. The first-order valence-corrected chi connectivity index (χ1v) is 14.3.